The fourth-order valence-electron chi connectivity index (χ4n) is 7.54. The van der Waals surface area contributed by atoms with Crippen LogP contribution in [-0.4, -0.2) is 40.5 Å². The number of hydrogen-bond donors (Lipinski definition) is 2. The van der Waals surface area contributed by atoms with Crippen LogP contribution in [0.15, 0.2) is 42.5 Å². The number of nitrogens with one attached hydrogen (secondary N) is 2. The number of carbonyl (C=O) groups is 4. The minimum absolute atomic E-state index is 0.0747. The minimum Gasteiger partial charge on any atom is -0.380 e. The first-order valence-electron chi connectivity index (χ1n) is 14.8. The van der Waals surface area contributed by atoms with Crippen molar-refractivity contribution in [3.05, 3.63) is 64.7 Å². The van der Waals surface area contributed by atoms with Gasteiger partial charge in [0.1, 0.15) is 6.29 Å². The fourth-order valence-corrected chi connectivity index (χ4v) is 7.54. The molecule has 2 aromatic carbocycles. The van der Waals surface area contributed by atoms with Crippen LogP contribution in [0.2, 0.25) is 0 Å². The molecule has 1 aliphatic heterocycles. The largest absolute Gasteiger partial charge is 0.380 e. The van der Waals surface area contributed by atoms with Crippen LogP contribution < -0.4 is 10.6 Å². The third kappa shape index (κ3) is 5.84. The van der Waals surface area contributed by atoms with Gasteiger partial charge in [-0.3, -0.25) is 19.3 Å². The molecule has 2 aliphatic carbocycles. The fraction of sp³-hybridized carbons (Fsp3) is 0.515. The summed E-state index contributed by atoms with van der Waals surface area (Å²) in [6.07, 6.45) is 8.21. The number of fused-ring (bicyclic) bond motifs is 3. The van der Waals surface area contributed by atoms with Gasteiger partial charge in [0.2, 0.25) is 5.91 Å². The van der Waals surface area contributed by atoms with E-state index in [1.807, 2.05) is 31.2 Å². The first-order chi connectivity index (χ1) is 19.2. The Morgan fingerprint density at radius 2 is 1.70 bits per heavy atom. The molecule has 40 heavy (non-hydrogen) atoms. The van der Waals surface area contributed by atoms with Gasteiger partial charge in [0, 0.05) is 17.8 Å². The van der Waals surface area contributed by atoms with Crippen LogP contribution in [-0.2, 0) is 22.6 Å². The van der Waals surface area contributed by atoms with E-state index in [9.17, 15) is 19.2 Å². The molecule has 0 radical (unpaired) electrons. The quantitative estimate of drug-likeness (QED) is 0.304. The van der Waals surface area contributed by atoms with Gasteiger partial charge in [-0.1, -0.05) is 50.6 Å². The number of nitrogens with zero attached hydrogens (tertiary/aromatic N) is 1. The standard InChI is InChI=1S/C33H41N3O4/c1-4-6-26(20-37)36-31(39)27-7-5-8-28(30(27)32(36)40)34-19-23-11-9-22(10-12-23)16-29(38)35-33(3)17-24-13-21(2)14-25(15-24)18-33/h5,7-12,20-21,24-26,34H,4,6,13-19H2,1-3H3,(H,35,38). The van der Waals surface area contributed by atoms with Gasteiger partial charge in [0.25, 0.3) is 11.8 Å². The second-order valence-corrected chi connectivity index (χ2v) is 12.6. The molecular weight excluding hydrogens is 502 g/mol. The lowest BCUT2D eigenvalue weighted by molar-refractivity contribution is -0.123. The Kier molecular flexibility index (Phi) is 8.11. The van der Waals surface area contributed by atoms with Crippen molar-refractivity contribution in [2.24, 2.45) is 17.8 Å². The summed E-state index contributed by atoms with van der Waals surface area (Å²) in [6.45, 7) is 6.95. The predicted octanol–water partition coefficient (Wildman–Crippen LogP) is 5.53. The van der Waals surface area contributed by atoms with Crippen LogP contribution in [0.25, 0.3) is 0 Å². The number of rotatable bonds is 10. The first-order valence-corrected chi connectivity index (χ1v) is 14.8. The lowest BCUT2D eigenvalue weighted by Crippen LogP contribution is -2.52. The molecule has 2 fully saturated rings. The molecule has 2 aromatic rings. The number of benzene rings is 2. The number of anilines is 1. The van der Waals surface area contributed by atoms with Gasteiger partial charge < -0.3 is 15.4 Å². The van der Waals surface area contributed by atoms with Crippen molar-refractivity contribution < 1.29 is 19.2 Å². The average molecular weight is 544 g/mol. The summed E-state index contributed by atoms with van der Waals surface area (Å²) in [7, 11) is 0. The van der Waals surface area contributed by atoms with Crippen LogP contribution in [0, 0.1) is 17.8 Å². The van der Waals surface area contributed by atoms with Crippen molar-refractivity contribution >= 4 is 29.7 Å². The molecule has 3 amide bonds. The molecule has 7 nitrogen and oxygen atoms in total. The van der Waals surface area contributed by atoms with Gasteiger partial charge in [0.05, 0.1) is 23.6 Å². The molecular formula is C33H41N3O4. The van der Waals surface area contributed by atoms with Crippen LogP contribution >= 0.6 is 0 Å². The van der Waals surface area contributed by atoms with Gasteiger partial charge in [-0.25, -0.2) is 0 Å². The topological polar surface area (TPSA) is 95.6 Å². The van der Waals surface area contributed by atoms with E-state index < -0.39 is 17.9 Å². The van der Waals surface area contributed by atoms with Crippen LogP contribution in [0.5, 0.6) is 0 Å². The van der Waals surface area contributed by atoms with Crippen molar-refractivity contribution in [1.29, 1.82) is 0 Å². The zero-order valence-electron chi connectivity index (χ0n) is 23.9. The summed E-state index contributed by atoms with van der Waals surface area (Å²) in [5.74, 6) is 1.48. The summed E-state index contributed by atoms with van der Waals surface area (Å²) >= 11 is 0. The second-order valence-electron chi connectivity index (χ2n) is 12.6. The van der Waals surface area contributed by atoms with E-state index in [4.69, 9.17) is 0 Å². The van der Waals surface area contributed by atoms with Crippen molar-refractivity contribution in [1.82, 2.24) is 10.2 Å². The molecule has 0 saturated heterocycles. The highest BCUT2D eigenvalue weighted by atomic mass is 16.2. The van der Waals surface area contributed by atoms with Crippen LogP contribution in [0.1, 0.15) is 97.6 Å². The molecule has 3 unspecified atom stereocenters. The molecule has 212 valence electrons. The molecule has 3 aliphatic rings. The van der Waals surface area contributed by atoms with E-state index in [1.165, 1.54) is 19.3 Å². The molecule has 0 aromatic heterocycles. The Morgan fingerprint density at radius 1 is 1.02 bits per heavy atom. The summed E-state index contributed by atoms with van der Waals surface area (Å²) in [5, 5.41) is 6.66. The predicted molar refractivity (Wildman–Crippen MR) is 155 cm³/mol. The zero-order chi connectivity index (χ0) is 28.4. The van der Waals surface area contributed by atoms with Crippen molar-refractivity contribution in [3.8, 4) is 0 Å². The van der Waals surface area contributed by atoms with E-state index in [0.717, 1.165) is 46.6 Å². The molecule has 7 heteroatoms. The van der Waals surface area contributed by atoms with Crippen molar-refractivity contribution in [3.63, 3.8) is 0 Å². The Balaban J connectivity index is 1.18. The van der Waals surface area contributed by atoms with E-state index in [0.29, 0.717) is 48.9 Å². The highest BCUT2D eigenvalue weighted by molar-refractivity contribution is 6.24. The maximum Gasteiger partial charge on any atom is 0.264 e. The average Bonchev–Trinajstić information content (AvgIpc) is 3.15. The van der Waals surface area contributed by atoms with E-state index in [-0.39, 0.29) is 11.4 Å². The van der Waals surface area contributed by atoms with Gasteiger partial charge in [-0.05, 0) is 86.5 Å². The van der Waals surface area contributed by atoms with E-state index >= 15 is 0 Å². The first kappa shape index (κ1) is 28.1. The maximum atomic E-state index is 13.2. The number of hydrogen-bond acceptors (Lipinski definition) is 5. The van der Waals surface area contributed by atoms with Crippen LogP contribution in [0.3, 0.4) is 0 Å². The number of amides is 3. The number of aldehydes is 1. The van der Waals surface area contributed by atoms with E-state index in [1.54, 1.807) is 18.2 Å². The maximum absolute atomic E-state index is 13.2. The molecule has 2 N–H and O–H groups in total. The molecule has 5 rings (SSSR count). The summed E-state index contributed by atoms with van der Waals surface area (Å²) in [4.78, 5) is 51.7. The number of carbonyl (C=O) groups excluding carboxylic acids is 4. The van der Waals surface area contributed by atoms with Gasteiger partial charge >= 0.3 is 0 Å². The summed E-state index contributed by atoms with van der Waals surface area (Å²) in [6, 6.07) is 12.3. The van der Waals surface area contributed by atoms with Crippen LogP contribution in [0.4, 0.5) is 5.69 Å². The Hall–Kier alpha value is -3.48. The second kappa shape index (κ2) is 11.6. The highest BCUT2D eigenvalue weighted by Gasteiger charge is 2.42. The lowest BCUT2D eigenvalue weighted by atomic mass is 9.62. The molecule has 0 spiro atoms. The molecule has 2 bridgehead atoms. The Labute approximate surface area is 237 Å². The normalized spacial score (nSPS) is 26.3. The minimum atomic E-state index is -0.751. The monoisotopic (exact) mass is 543 g/mol. The summed E-state index contributed by atoms with van der Waals surface area (Å²) < 4.78 is 0. The molecule has 2 saturated carbocycles. The lowest BCUT2D eigenvalue weighted by Gasteiger charge is -2.47. The SMILES string of the molecule is CCCC(C=O)N1C(=O)c2cccc(NCc3ccc(CC(=O)NC4(C)CC5CC(C)CC(C5)C4)cc3)c2C1=O. The van der Waals surface area contributed by atoms with Crippen molar-refractivity contribution in [2.45, 2.75) is 90.3 Å². The highest BCUT2D eigenvalue weighted by Crippen LogP contribution is 2.46. The molecule has 3 atom stereocenters. The molecule has 1 heterocycles. The van der Waals surface area contributed by atoms with Gasteiger partial charge in [0.15, 0.2) is 0 Å². The third-order valence-electron chi connectivity index (χ3n) is 8.95. The Morgan fingerprint density at radius 3 is 2.35 bits per heavy atom. The number of imide groups is 1. The van der Waals surface area contributed by atoms with Crippen molar-refractivity contribution in [2.75, 3.05) is 5.32 Å². The van der Waals surface area contributed by atoms with Gasteiger partial charge in [-0.15, -0.1) is 0 Å². The summed E-state index contributed by atoms with van der Waals surface area (Å²) in [5.41, 5.74) is 3.06. The Bertz CT molecular complexity index is 1270. The third-order valence-corrected chi connectivity index (χ3v) is 8.95. The smallest absolute Gasteiger partial charge is 0.264 e. The zero-order valence-corrected chi connectivity index (χ0v) is 23.9. The van der Waals surface area contributed by atoms with Gasteiger partial charge in [-0.2, -0.15) is 0 Å². The van der Waals surface area contributed by atoms with E-state index in [2.05, 4.69) is 24.5 Å².